The molecule has 4 nitrogen and oxygen atoms in total. The van der Waals surface area contributed by atoms with E-state index in [1.54, 1.807) is 6.92 Å². The second-order valence-corrected chi connectivity index (χ2v) is 3.98. The number of epoxide rings is 2. The van der Waals surface area contributed by atoms with E-state index in [1.807, 2.05) is 12.2 Å². The summed E-state index contributed by atoms with van der Waals surface area (Å²) < 4.78 is 10.4. The van der Waals surface area contributed by atoms with Gasteiger partial charge in [0.05, 0.1) is 6.10 Å². The van der Waals surface area contributed by atoms with E-state index in [1.165, 1.54) is 6.08 Å². The summed E-state index contributed by atoms with van der Waals surface area (Å²) in [4.78, 5) is 0. The third-order valence-corrected chi connectivity index (χ3v) is 2.67. The van der Waals surface area contributed by atoms with Crippen molar-refractivity contribution in [2.24, 2.45) is 0 Å². The van der Waals surface area contributed by atoms with E-state index in [2.05, 4.69) is 6.58 Å². The summed E-state index contributed by atoms with van der Waals surface area (Å²) in [5, 5.41) is 18.5. The molecule has 2 saturated heterocycles. The Hall–Kier alpha value is -0.680. The Bertz CT molecular complexity index is 274. The van der Waals surface area contributed by atoms with E-state index in [-0.39, 0.29) is 24.4 Å². The van der Waals surface area contributed by atoms with E-state index in [9.17, 15) is 10.2 Å². The van der Waals surface area contributed by atoms with E-state index >= 15 is 0 Å². The molecule has 0 aliphatic carbocycles. The zero-order valence-corrected chi connectivity index (χ0v) is 8.61. The maximum Gasteiger partial charge on any atom is 0.118 e. The third kappa shape index (κ3) is 2.46. The summed E-state index contributed by atoms with van der Waals surface area (Å²) in [6.45, 7) is 5.19. The molecule has 0 radical (unpaired) electrons. The van der Waals surface area contributed by atoms with Crippen molar-refractivity contribution < 1.29 is 19.7 Å². The molecule has 15 heavy (non-hydrogen) atoms. The van der Waals surface area contributed by atoms with Crippen LogP contribution in [-0.4, -0.2) is 46.8 Å². The van der Waals surface area contributed by atoms with Crippen molar-refractivity contribution in [2.45, 2.75) is 43.5 Å². The number of ether oxygens (including phenoxy) is 2. The lowest BCUT2D eigenvalue weighted by Crippen LogP contribution is -2.12. The molecule has 2 heterocycles. The molecule has 6 atom stereocenters. The number of aliphatic hydroxyl groups is 2. The Morgan fingerprint density at radius 1 is 1.13 bits per heavy atom. The number of hydrogen-bond donors (Lipinski definition) is 2. The van der Waals surface area contributed by atoms with Gasteiger partial charge in [-0.05, 0) is 6.92 Å². The molecular formula is C11H16O4. The fourth-order valence-corrected chi connectivity index (χ4v) is 1.60. The highest BCUT2D eigenvalue weighted by atomic mass is 16.6. The number of aliphatic hydroxyl groups excluding tert-OH is 2. The molecule has 0 aromatic rings. The van der Waals surface area contributed by atoms with Crippen LogP contribution in [0.2, 0.25) is 0 Å². The molecule has 2 aliphatic rings. The molecule has 2 aliphatic heterocycles. The number of hydrogen-bond acceptors (Lipinski definition) is 4. The van der Waals surface area contributed by atoms with Gasteiger partial charge in [-0.15, -0.1) is 6.58 Å². The first-order valence-electron chi connectivity index (χ1n) is 5.11. The lowest BCUT2D eigenvalue weighted by Gasteiger charge is -1.96. The van der Waals surface area contributed by atoms with E-state index in [4.69, 9.17) is 9.47 Å². The van der Waals surface area contributed by atoms with Crippen LogP contribution < -0.4 is 0 Å². The first-order valence-corrected chi connectivity index (χ1v) is 5.11. The molecule has 0 spiro atoms. The number of rotatable bonds is 5. The molecular weight excluding hydrogens is 196 g/mol. The molecule has 0 aromatic heterocycles. The first-order chi connectivity index (χ1) is 7.13. The Morgan fingerprint density at radius 2 is 1.67 bits per heavy atom. The standard InChI is InChI=1S/C11H16O4/c1-3-7(13)11-9(15-11)5-4-8-10(14-8)6(2)12/h3-13H,1H2,2H3. The normalized spacial score (nSPS) is 42.6. The fourth-order valence-electron chi connectivity index (χ4n) is 1.60. The molecule has 4 heteroatoms. The lowest BCUT2D eigenvalue weighted by molar-refractivity contribution is 0.152. The van der Waals surface area contributed by atoms with Crippen molar-refractivity contribution in [3.63, 3.8) is 0 Å². The van der Waals surface area contributed by atoms with Gasteiger partial charge in [0.15, 0.2) is 0 Å². The van der Waals surface area contributed by atoms with Crippen molar-refractivity contribution in [1.29, 1.82) is 0 Å². The van der Waals surface area contributed by atoms with Crippen molar-refractivity contribution in [2.75, 3.05) is 0 Å². The van der Waals surface area contributed by atoms with Crippen LogP contribution >= 0.6 is 0 Å². The minimum Gasteiger partial charge on any atom is -0.391 e. The second-order valence-electron chi connectivity index (χ2n) is 3.98. The van der Waals surface area contributed by atoms with Gasteiger partial charge >= 0.3 is 0 Å². The molecule has 2 rings (SSSR count). The van der Waals surface area contributed by atoms with Gasteiger partial charge in [0.2, 0.25) is 0 Å². The molecule has 0 bridgehead atoms. The molecule has 84 valence electrons. The van der Waals surface area contributed by atoms with Crippen LogP contribution in [0.4, 0.5) is 0 Å². The predicted molar refractivity (Wildman–Crippen MR) is 54.3 cm³/mol. The highest BCUT2D eigenvalue weighted by Gasteiger charge is 2.44. The molecule has 6 unspecified atom stereocenters. The van der Waals surface area contributed by atoms with Gasteiger partial charge in [-0.1, -0.05) is 18.2 Å². The molecule has 0 saturated carbocycles. The Labute approximate surface area is 88.8 Å². The first kappa shape index (κ1) is 10.8. The maximum atomic E-state index is 9.34. The smallest absolute Gasteiger partial charge is 0.118 e. The van der Waals surface area contributed by atoms with Crippen LogP contribution in [0.3, 0.4) is 0 Å². The Balaban J connectivity index is 1.72. The minimum absolute atomic E-state index is 0.00396. The van der Waals surface area contributed by atoms with Crippen molar-refractivity contribution in [3.8, 4) is 0 Å². The lowest BCUT2D eigenvalue weighted by atomic mass is 10.1. The van der Waals surface area contributed by atoms with Crippen LogP contribution in [0, 0.1) is 0 Å². The van der Waals surface area contributed by atoms with Crippen molar-refractivity contribution in [1.82, 2.24) is 0 Å². The summed E-state index contributed by atoms with van der Waals surface area (Å²) in [6.07, 6.45) is 3.87. The van der Waals surface area contributed by atoms with Gasteiger partial charge in [0, 0.05) is 0 Å². The molecule has 2 N–H and O–H groups in total. The monoisotopic (exact) mass is 212 g/mol. The van der Waals surface area contributed by atoms with Crippen molar-refractivity contribution in [3.05, 3.63) is 24.8 Å². The van der Waals surface area contributed by atoms with E-state index in [0.29, 0.717) is 0 Å². The largest absolute Gasteiger partial charge is 0.391 e. The summed E-state index contributed by atoms with van der Waals surface area (Å²) in [5.74, 6) is 0. The summed E-state index contributed by atoms with van der Waals surface area (Å²) in [5.41, 5.74) is 0. The second kappa shape index (κ2) is 4.06. The van der Waals surface area contributed by atoms with Crippen molar-refractivity contribution >= 4 is 0 Å². The zero-order chi connectivity index (χ0) is 11.0. The highest BCUT2D eigenvalue weighted by molar-refractivity contribution is 5.13. The topological polar surface area (TPSA) is 65.5 Å². The zero-order valence-electron chi connectivity index (χ0n) is 8.61. The van der Waals surface area contributed by atoms with Gasteiger partial charge in [-0.25, -0.2) is 0 Å². The Kier molecular flexibility index (Phi) is 2.93. The quantitative estimate of drug-likeness (QED) is 0.497. The summed E-state index contributed by atoms with van der Waals surface area (Å²) >= 11 is 0. The average Bonchev–Trinajstić information content (AvgIpc) is 3.06. The van der Waals surface area contributed by atoms with Gasteiger partial charge in [0.1, 0.15) is 30.5 Å². The van der Waals surface area contributed by atoms with Gasteiger partial charge in [-0.3, -0.25) is 0 Å². The Morgan fingerprint density at radius 3 is 2.13 bits per heavy atom. The van der Waals surface area contributed by atoms with Crippen LogP contribution in [0.1, 0.15) is 6.92 Å². The molecule has 0 aromatic carbocycles. The van der Waals surface area contributed by atoms with Crippen LogP contribution in [0.15, 0.2) is 24.8 Å². The SMILES string of the molecule is C=CC(O)C1OC1C=CC1OC1C(C)O. The molecule has 2 fully saturated rings. The van der Waals surface area contributed by atoms with E-state index < -0.39 is 12.2 Å². The summed E-state index contributed by atoms with van der Waals surface area (Å²) in [6, 6.07) is 0. The van der Waals surface area contributed by atoms with Crippen LogP contribution in [0.25, 0.3) is 0 Å². The third-order valence-electron chi connectivity index (χ3n) is 2.67. The maximum absolute atomic E-state index is 9.34. The minimum atomic E-state index is -0.604. The predicted octanol–water partition coefficient (Wildman–Crippen LogP) is 0.00510. The van der Waals surface area contributed by atoms with Gasteiger partial charge in [-0.2, -0.15) is 0 Å². The fraction of sp³-hybridized carbons (Fsp3) is 0.636. The molecule has 0 amide bonds. The van der Waals surface area contributed by atoms with Crippen LogP contribution in [-0.2, 0) is 9.47 Å². The van der Waals surface area contributed by atoms with Gasteiger partial charge < -0.3 is 19.7 Å². The van der Waals surface area contributed by atoms with Crippen LogP contribution in [0.5, 0.6) is 0 Å². The highest BCUT2D eigenvalue weighted by Crippen LogP contribution is 2.31. The van der Waals surface area contributed by atoms with E-state index in [0.717, 1.165) is 0 Å². The van der Waals surface area contributed by atoms with Gasteiger partial charge in [0.25, 0.3) is 0 Å². The summed E-state index contributed by atoms with van der Waals surface area (Å²) in [7, 11) is 0. The average molecular weight is 212 g/mol.